The zero-order valence-electron chi connectivity index (χ0n) is 23.4. The maximum atomic E-state index is 14.0. The molecule has 4 aliphatic rings. The Bertz CT molecular complexity index is 1090. The quantitative estimate of drug-likeness (QED) is 0.281. The number of allylic oxidation sites excluding steroid dienone is 4. The largest absolute Gasteiger partial charge is 0.509 e. The van der Waals surface area contributed by atoms with Gasteiger partial charge in [0.1, 0.15) is 5.78 Å². The van der Waals surface area contributed by atoms with Gasteiger partial charge >= 0.3 is 12.3 Å². The Morgan fingerprint density at radius 2 is 1.72 bits per heavy atom. The average molecular weight is 545 g/mol. The second kappa shape index (κ2) is 11.3. The number of ketones is 3. The number of carbonyl (C=O) groups excluding carboxylic acids is 5. The van der Waals surface area contributed by atoms with Gasteiger partial charge in [-0.25, -0.2) is 9.59 Å². The molecule has 0 saturated heterocycles. The Morgan fingerprint density at radius 1 is 0.974 bits per heavy atom. The summed E-state index contributed by atoms with van der Waals surface area (Å²) in [5, 5.41) is 0. The number of unbranched alkanes of at least 4 members (excludes halogenated alkanes) is 1. The van der Waals surface area contributed by atoms with Gasteiger partial charge in [0.2, 0.25) is 5.78 Å². The van der Waals surface area contributed by atoms with E-state index >= 15 is 0 Å². The second-order valence-corrected chi connectivity index (χ2v) is 11.8. The first-order chi connectivity index (χ1) is 18.5. The molecule has 0 bridgehead atoms. The number of hydrogen-bond acceptors (Lipinski definition) is 9. The number of rotatable bonds is 9. The number of hydrogen-bond donors (Lipinski definition) is 0. The topological polar surface area (TPSA) is 122 Å². The fourth-order valence-electron chi connectivity index (χ4n) is 7.64. The van der Waals surface area contributed by atoms with Crippen molar-refractivity contribution in [2.45, 2.75) is 84.7 Å². The first kappa shape index (κ1) is 29.0. The third kappa shape index (κ3) is 5.05. The van der Waals surface area contributed by atoms with Crippen LogP contribution in [0.5, 0.6) is 0 Å². The lowest BCUT2D eigenvalue weighted by atomic mass is 9.46. The summed E-state index contributed by atoms with van der Waals surface area (Å²) < 4.78 is 21.2. The molecule has 0 aliphatic heterocycles. The summed E-state index contributed by atoms with van der Waals surface area (Å²) in [7, 11) is 0. The molecule has 9 nitrogen and oxygen atoms in total. The lowest BCUT2D eigenvalue weighted by molar-refractivity contribution is -0.173. The zero-order chi connectivity index (χ0) is 28.4. The molecule has 4 rings (SSSR count). The van der Waals surface area contributed by atoms with Crippen LogP contribution in [-0.4, -0.2) is 55.1 Å². The molecule has 0 spiro atoms. The Kier molecular flexibility index (Phi) is 8.38. The SMILES string of the molecule is CCCCOC(=O)O[C@]1(C(=O)COC(=O)OCCC)CC[C@H]2[C@@H]3CCC4=CC(=O)C=C[C@]4(C)[C@H]3C(=O)C[C@@]21C. The van der Waals surface area contributed by atoms with Crippen molar-refractivity contribution in [3.05, 3.63) is 23.8 Å². The number of Topliss-reactive ketones (excluding diaryl/α,β-unsaturated/α-hetero) is 2. The Balaban J connectivity index is 1.64. The number of carbonyl (C=O) groups is 5. The summed E-state index contributed by atoms with van der Waals surface area (Å²) in [5.74, 6) is -1.14. The Hall–Kier alpha value is -2.97. The summed E-state index contributed by atoms with van der Waals surface area (Å²) >= 11 is 0. The van der Waals surface area contributed by atoms with Crippen molar-refractivity contribution < 1.29 is 42.9 Å². The van der Waals surface area contributed by atoms with Crippen LogP contribution in [-0.2, 0) is 33.3 Å². The van der Waals surface area contributed by atoms with Gasteiger partial charge in [-0.2, -0.15) is 0 Å². The minimum absolute atomic E-state index is 0.0175. The first-order valence-electron chi connectivity index (χ1n) is 14.2. The van der Waals surface area contributed by atoms with Gasteiger partial charge in [0, 0.05) is 23.2 Å². The zero-order valence-corrected chi connectivity index (χ0v) is 23.4. The normalized spacial score (nSPS) is 34.8. The maximum Gasteiger partial charge on any atom is 0.509 e. The van der Waals surface area contributed by atoms with Gasteiger partial charge in [0.05, 0.1) is 13.2 Å². The first-order valence-corrected chi connectivity index (χ1v) is 14.2. The predicted octanol–water partition coefficient (Wildman–Crippen LogP) is 5.30. The van der Waals surface area contributed by atoms with E-state index in [0.29, 0.717) is 32.1 Å². The highest BCUT2D eigenvalue weighted by Crippen LogP contribution is 2.67. The highest BCUT2D eigenvalue weighted by molar-refractivity contribution is 6.02. The van der Waals surface area contributed by atoms with Crippen LogP contribution in [0.3, 0.4) is 0 Å². The fraction of sp³-hybridized carbons (Fsp3) is 0.700. The Labute approximate surface area is 229 Å². The predicted molar refractivity (Wildman–Crippen MR) is 140 cm³/mol. The van der Waals surface area contributed by atoms with Gasteiger partial charge in [-0.05, 0) is 62.5 Å². The molecule has 9 heteroatoms. The molecule has 0 N–H and O–H groups in total. The van der Waals surface area contributed by atoms with Gasteiger partial charge in [-0.1, -0.05) is 45.8 Å². The van der Waals surface area contributed by atoms with E-state index < -0.39 is 41.1 Å². The molecule has 214 valence electrons. The summed E-state index contributed by atoms with van der Waals surface area (Å²) in [6, 6.07) is 0. The molecule has 0 aromatic rings. The van der Waals surface area contributed by atoms with Crippen molar-refractivity contribution in [1.29, 1.82) is 0 Å². The molecule has 0 unspecified atom stereocenters. The van der Waals surface area contributed by atoms with Gasteiger partial charge < -0.3 is 18.9 Å². The third-order valence-corrected chi connectivity index (χ3v) is 9.55. The van der Waals surface area contributed by atoms with Crippen molar-refractivity contribution in [3.8, 4) is 0 Å². The molecule has 39 heavy (non-hydrogen) atoms. The molecular formula is C30H40O9. The standard InChI is InChI=1S/C30H40O9/c1-5-7-15-37-27(35)39-30(24(33)18-38-26(34)36-14-6-2)13-11-22-21-9-8-19-16-20(31)10-12-28(19,3)25(21)23(32)17-29(22,30)4/h10,12,16,21-22,25H,5-9,11,13-15,17-18H2,1-4H3/t21-,22-,25+,28-,29-,30-/m0/s1. The van der Waals surface area contributed by atoms with E-state index in [1.54, 1.807) is 12.2 Å². The van der Waals surface area contributed by atoms with Crippen LogP contribution < -0.4 is 0 Å². The van der Waals surface area contributed by atoms with E-state index in [9.17, 15) is 24.0 Å². The molecule has 0 heterocycles. The summed E-state index contributed by atoms with van der Waals surface area (Å²) in [6.45, 7) is 7.34. The Morgan fingerprint density at radius 3 is 2.44 bits per heavy atom. The van der Waals surface area contributed by atoms with Crippen molar-refractivity contribution in [2.24, 2.45) is 28.6 Å². The molecule has 0 aromatic heterocycles. The average Bonchev–Trinajstić information content (AvgIpc) is 3.18. The van der Waals surface area contributed by atoms with Crippen molar-refractivity contribution in [2.75, 3.05) is 19.8 Å². The van der Waals surface area contributed by atoms with Crippen LogP contribution in [0.1, 0.15) is 79.1 Å². The van der Waals surface area contributed by atoms with Crippen LogP contribution in [0, 0.1) is 28.6 Å². The van der Waals surface area contributed by atoms with E-state index in [1.165, 1.54) is 0 Å². The van der Waals surface area contributed by atoms with E-state index in [-0.39, 0.29) is 55.4 Å². The fourth-order valence-corrected chi connectivity index (χ4v) is 7.64. The monoisotopic (exact) mass is 544 g/mol. The van der Waals surface area contributed by atoms with Gasteiger partial charge in [0.25, 0.3) is 0 Å². The highest BCUT2D eigenvalue weighted by atomic mass is 16.7. The van der Waals surface area contributed by atoms with Crippen LogP contribution in [0.15, 0.2) is 23.8 Å². The van der Waals surface area contributed by atoms with E-state index in [1.807, 2.05) is 33.8 Å². The lowest BCUT2D eigenvalue weighted by Gasteiger charge is -2.57. The summed E-state index contributed by atoms with van der Waals surface area (Å²) in [5.41, 5.74) is -2.27. The maximum absolute atomic E-state index is 14.0. The van der Waals surface area contributed by atoms with E-state index in [2.05, 4.69) is 0 Å². The minimum Gasteiger partial charge on any atom is -0.434 e. The molecule has 3 fully saturated rings. The second-order valence-electron chi connectivity index (χ2n) is 11.8. The van der Waals surface area contributed by atoms with Gasteiger partial charge in [-0.3, -0.25) is 14.4 Å². The molecule has 3 saturated carbocycles. The molecule has 0 amide bonds. The van der Waals surface area contributed by atoms with Crippen LogP contribution in [0.4, 0.5) is 9.59 Å². The number of ether oxygens (including phenoxy) is 4. The molecule has 4 aliphatic carbocycles. The van der Waals surface area contributed by atoms with Crippen LogP contribution in [0.2, 0.25) is 0 Å². The molecular weight excluding hydrogens is 504 g/mol. The van der Waals surface area contributed by atoms with Gasteiger partial charge in [0.15, 0.2) is 18.0 Å². The van der Waals surface area contributed by atoms with Crippen molar-refractivity contribution in [3.63, 3.8) is 0 Å². The summed E-state index contributed by atoms with van der Waals surface area (Å²) in [6.07, 6.45) is 7.37. The highest BCUT2D eigenvalue weighted by Gasteiger charge is 2.70. The van der Waals surface area contributed by atoms with Gasteiger partial charge in [-0.15, -0.1) is 0 Å². The lowest BCUT2D eigenvalue weighted by Crippen LogP contribution is -2.62. The minimum atomic E-state index is -1.68. The van der Waals surface area contributed by atoms with Crippen LogP contribution >= 0.6 is 0 Å². The van der Waals surface area contributed by atoms with E-state index in [4.69, 9.17) is 18.9 Å². The molecule has 0 aromatic carbocycles. The molecule has 6 atom stereocenters. The summed E-state index contributed by atoms with van der Waals surface area (Å²) in [4.78, 5) is 64.7. The number of fused-ring (bicyclic) bond motifs is 5. The molecule has 0 radical (unpaired) electrons. The smallest absolute Gasteiger partial charge is 0.434 e. The van der Waals surface area contributed by atoms with Crippen molar-refractivity contribution in [1.82, 2.24) is 0 Å². The van der Waals surface area contributed by atoms with E-state index in [0.717, 1.165) is 12.0 Å². The van der Waals surface area contributed by atoms with Crippen LogP contribution in [0.25, 0.3) is 0 Å². The third-order valence-electron chi connectivity index (χ3n) is 9.55. The van der Waals surface area contributed by atoms with Crippen molar-refractivity contribution >= 4 is 29.7 Å².